The molecule has 0 amide bonds. The molecule has 2 atom stereocenters. The van der Waals surface area contributed by atoms with Crippen LogP contribution in [-0.2, 0) is 0 Å². The third-order valence-corrected chi connectivity index (χ3v) is 1.98. The molecular formula is C6H12BNO2. The lowest BCUT2D eigenvalue weighted by Crippen LogP contribution is -2.33. The van der Waals surface area contributed by atoms with Gasteiger partial charge in [0.1, 0.15) is 0 Å². The topological polar surface area (TPSA) is 43.7 Å². The van der Waals surface area contributed by atoms with E-state index in [-0.39, 0.29) is 18.8 Å². The highest BCUT2D eigenvalue weighted by atomic mass is 16.3. The molecule has 10 heavy (non-hydrogen) atoms. The molecule has 0 bridgehead atoms. The van der Waals surface area contributed by atoms with Crippen LogP contribution in [-0.4, -0.2) is 48.3 Å². The standard InChI is InChI=1S/C6H12BNO2/c7-8-3-1-6(10)5(8)2-4-9/h5-6,9-10H,1-4H2/t5-,6?/m0/s1. The summed E-state index contributed by atoms with van der Waals surface area (Å²) in [5.41, 5.74) is 0. The first kappa shape index (κ1) is 8.05. The van der Waals surface area contributed by atoms with Gasteiger partial charge in [0.05, 0.1) is 6.10 Å². The lowest BCUT2D eigenvalue weighted by molar-refractivity contribution is 0.123. The Morgan fingerprint density at radius 2 is 2.30 bits per heavy atom. The van der Waals surface area contributed by atoms with Crippen LogP contribution in [0.15, 0.2) is 0 Å². The fraction of sp³-hybridized carbons (Fsp3) is 1.00. The molecule has 1 heterocycles. The van der Waals surface area contributed by atoms with Crippen LogP contribution >= 0.6 is 0 Å². The average molecular weight is 141 g/mol. The summed E-state index contributed by atoms with van der Waals surface area (Å²) in [4.78, 5) is 1.60. The van der Waals surface area contributed by atoms with Gasteiger partial charge in [0.15, 0.2) is 7.98 Å². The third-order valence-electron chi connectivity index (χ3n) is 1.98. The number of aliphatic hydroxyl groups is 2. The van der Waals surface area contributed by atoms with Crippen molar-refractivity contribution >= 4 is 7.98 Å². The van der Waals surface area contributed by atoms with E-state index in [4.69, 9.17) is 13.1 Å². The van der Waals surface area contributed by atoms with Gasteiger partial charge < -0.3 is 15.0 Å². The van der Waals surface area contributed by atoms with Crippen molar-refractivity contribution in [2.24, 2.45) is 0 Å². The van der Waals surface area contributed by atoms with Gasteiger partial charge in [0, 0.05) is 12.6 Å². The van der Waals surface area contributed by atoms with Gasteiger partial charge in [-0.25, -0.2) is 0 Å². The van der Waals surface area contributed by atoms with Crippen molar-refractivity contribution in [3.05, 3.63) is 0 Å². The van der Waals surface area contributed by atoms with E-state index in [9.17, 15) is 5.11 Å². The summed E-state index contributed by atoms with van der Waals surface area (Å²) in [6.07, 6.45) is 0.941. The minimum atomic E-state index is -0.350. The van der Waals surface area contributed by atoms with Gasteiger partial charge in [-0.2, -0.15) is 0 Å². The molecule has 0 aliphatic carbocycles. The van der Waals surface area contributed by atoms with E-state index in [1.807, 2.05) is 0 Å². The number of aliphatic hydroxyl groups excluding tert-OH is 2. The molecule has 2 N–H and O–H groups in total. The van der Waals surface area contributed by atoms with E-state index in [0.29, 0.717) is 6.42 Å². The first-order valence-electron chi connectivity index (χ1n) is 3.56. The Balaban J connectivity index is 2.38. The molecule has 2 radical (unpaired) electrons. The van der Waals surface area contributed by atoms with Crippen molar-refractivity contribution in [2.75, 3.05) is 13.2 Å². The smallest absolute Gasteiger partial charge is 0.182 e. The van der Waals surface area contributed by atoms with Crippen LogP contribution in [0.1, 0.15) is 12.8 Å². The zero-order valence-corrected chi connectivity index (χ0v) is 5.90. The molecule has 4 heteroatoms. The Morgan fingerprint density at radius 1 is 1.60 bits per heavy atom. The van der Waals surface area contributed by atoms with Crippen LogP contribution < -0.4 is 0 Å². The molecule has 0 saturated carbocycles. The minimum Gasteiger partial charge on any atom is -0.396 e. The second kappa shape index (κ2) is 3.37. The molecule has 56 valence electrons. The number of nitrogens with zero attached hydrogens (tertiary/aromatic N) is 1. The summed E-state index contributed by atoms with van der Waals surface area (Å²) < 4.78 is 0. The highest BCUT2D eigenvalue weighted by molar-refractivity contribution is 6.04. The van der Waals surface area contributed by atoms with Gasteiger partial charge >= 0.3 is 0 Å². The first-order valence-corrected chi connectivity index (χ1v) is 3.56. The van der Waals surface area contributed by atoms with Gasteiger partial charge in [-0.05, 0) is 19.4 Å². The number of hydrogen-bond donors (Lipinski definition) is 2. The molecule has 0 aromatic heterocycles. The molecule has 1 aliphatic heterocycles. The highest BCUT2D eigenvalue weighted by Gasteiger charge is 2.28. The van der Waals surface area contributed by atoms with Crippen LogP contribution in [0, 0.1) is 0 Å². The van der Waals surface area contributed by atoms with E-state index in [0.717, 1.165) is 13.0 Å². The second-order valence-electron chi connectivity index (χ2n) is 2.67. The molecule has 1 aliphatic rings. The maximum Gasteiger partial charge on any atom is 0.182 e. The van der Waals surface area contributed by atoms with Gasteiger partial charge in [-0.3, -0.25) is 0 Å². The van der Waals surface area contributed by atoms with Gasteiger partial charge in [-0.15, -0.1) is 0 Å². The Bertz CT molecular complexity index is 102. The summed E-state index contributed by atoms with van der Waals surface area (Å²) in [6.45, 7) is 0.821. The normalized spacial score (nSPS) is 35.0. The molecule has 0 aromatic carbocycles. The Labute approximate surface area is 62.1 Å². The predicted molar refractivity (Wildman–Crippen MR) is 38.6 cm³/mol. The first-order chi connectivity index (χ1) is 4.75. The summed E-state index contributed by atoms with van der Waals surface area (Å²) in [5.74, 6) is 0. The second-order valence-corrected chi connectivity index (χ2v) is 2.67. The summed E-state index contributed by atoms with van der Waals surface area (Å²) in [7, 11) is 5.52. The zero-order chi connectivity index (χ0) is 7.56. The maximum atomic E-state index is 9.26. The summed E-state index contributed by atoms with van der Waals surface area (Å²) in [5, 5.41) is 17.8. The van der Waals surface area contributed by atoms with Crippen molar-refractivity contribution < 1.29 is 10.2 Å². The van der Waals surface area contributed by atoms with Crippen LogP contribution in [0.2, 0.25) is 0 Å². The van der Waals surface area contributed by atoms with E-state index in [2.05, 4.69) is 0 Å². The molecule has 1 fully saturated rings. The molecule has 3 nitrogen and oxygen atoms in total. The van der Waals surface area contributed by atoms with Crippen LogP contribution in [0.25, 0.3) is 0 Å². The van der Waals surface area contributed by atoms with E-state index in [1.54, 1.807) is 4.81 Å². The van der Waals surface area contributed by atoms with Gasteiger partial charge in [-0.1, -0.05) is 0 Å². The monoisotopic (exact) mass is 141 g/mol. The average Bonchev–Trinajstić information content (AvgIpc) is 2.20. The largest absolute Gasteiger partial charge is 0.396 e. The third kappa shape index (κ3) is 1.51. The van der Waals surface area contributed by atoms with Crippen molar-refractivity contribution in [1.82, 2.24) is 4.81 Å². The molecule has 1 rings (SSSR count). The fourth-order valence-electron chi connectivity index (χ4n) is 1.35. The fourth-order valence-corrected chi connectivity index (χ4v) is 1.35. The SMILES string of the molecule is [B]N1CCC(O)[C@@H]1CCO. The van der Waals surface area contributed by atoms with E-state index in [1.165, 1.54) is 0 Å². The maximum absolute atomic E-state index is 9.26. The number of rotatable bonds is 2. The molecular weight excluding hydrogens is 129 g/mol. The van der Waals surface area contributed by atoms with Gasteiger partial charge in [0.25, 0.3) is 0 Å². The lowest BCUT2D eigenvalue weighted by atomic mass is 10.1. The van der Waals surface area contributed by atoms with Gasteiger partial charge in [0.2, 0.25) is 0 Å². The molecule has 1 unspecified atom stereocenters. The van der Waals surface area contributed by atoms with Crippen molar-refractivity contribution in [2.45, 2.75) is 25.0 Å². The van der Waals surface area contributed by atoms with Crippen LogP contribution in [0.4, 0.5) is 0 Å². The van der Waals surface area contributed by atoms with E-state index >= 15 is 0 Å². The predicted octanol–water partition coefficient (Wildman–Crippen LogP) is -1.11. The molecule has 1 saturated heterocycles. The summed E-state index contributed by atoms with van der Waals surface area (Å²) >= 11 is 0. The molecule has 0 aromatic rings. The summed E-state index contributed by atoms with van der Waals surface area (Å²) in [6, 6.07) is -0.0370. The van der Waals surface area contributed by atoms with Crippen molar-refractivity contribution in [1.29, 1.82) is 0 Å². The lowest BCUT2D eigenvalue weighted by Gasteiger charge is -2.21. The number of hydrogen-bond acceptors (Lipinski definition) is 3. The highest BCUT2D eigenvalue weighted by Crippen LogP contribution is 2.17. The minimum absolute atomic E-state index is 0.0370. The van der Waals surface area contributed by atoms with E-state index < -0.39 is 0 Å². The van der Waals surface area contributed by atoms with Crippen molar-refractivity contribution in [3.8, 4) is 0 Å². The van der Waals surface area contributed by atoms with Crippen LogP contribution in [0.3, 0.4) is 0 Å². The molecule has 0 spiro atoms. The Morgan fingerprint density at radius 3 is 2.70 bits per heavy atom. The van der Waals surface area contributed by atoms with Crippen molar-refractivity contribution in [3.63, 3.8) is 0 Å². The van der Waals surface area contributed by atoms with Crippen LogP contribution in [0.5, 0.6) is 0 Å². The Kier molecular flexibility index (Phi) is 2.71. The quantitative estimate of drug-likeness (QED) is 0.479. The Hall–Kier alpha value is -0.0551. The zero-order valence-electron chi connectivity index (χ0n) is 5.90.